The van der Waals surface area contributed by atoms with Gasteiger partial charge >= 0.3 is 0 Å². The molecule has 1 aliphatic rings. The van der Waals surface area contributed by atoms with Gasteiger partial charge in [0, 0.05) is 31.3 Å². The Balaban J connectivity index is 1.90. The predicted octanol–water partition coefficient (Wildman–Crippen LogP) is 3.96. The van der Waals surface area contributed by atoms with Gasteiger partial charge in [-0.1, -0.05) is 43.7 Å². The standard InChI is InChI=1S/C18H24N4/c1-2-3-11-19-18-20-16(15-9-5-4-6-10-15)14-17(21-18)22-12-7-8-13-22/h4-6,9-10,14H,2-3,7-8,11-13H2,1H3,(H,19,20,21). The summed E-state index contributed by atoms with van der Waals surface area (Å²) in [4.78, 5) is 11.8. The highest BCUT2D eigenvalue weighted by Crippen LogP contribution is 2.25. The molecule has 1 N–H and O–H groups in total. The van der Waals surface area contributed by atoms with Crippen molar-refractivity contribution >= 4 is 11.8 Å². The van der Waals surface area contributed by atoms with Crippen LogP contribution in [0.15, 0.2) is 36.4 Å². The van der Waals surface area contributed by atoms with Crippen LogP contribution in [0.2, 0.25) is 0 Å². The zero-order valence-electron chi connectivity index (χ0n) is 13.3. The summed E-state index contributed by atoms with van der Waals surface area (Å²) >= 11 is 0. The van der Waals surface area contributed by atoms with Crippen LogP contribution in [-0.4, -0.2) is 29.6 Å². The number of aromatic nitrogens is 2. The van der Waals surface area contributed by atoms with E-state index in [-0.39, 0.29) is 0 Å². The summed E-state index contributed by atoms with van der Waals surface area (Å²) in [5.74, 6) is 1.79. The minimum atomic E-state index is 0.747. The number of hydrogen-bond acceptors (Lipinski definition) is 4. The molecule has 0 aliphatic carbocycles. The third-order valence-corrected chi connectivity index (χ3v) is 4.03. The van der Waals surface area contributed by atoms with Crippen molar-refractivity contribution < 1.29 is 0 Å². The van der Waals surface area contributed by atoms with Crippen LogP contribution in [0.5, 0.6) is 0 Å². The van der Waals surface area contributed by atoms with Gasteiger partial charge in [0.05, 0.1) is 5.69 Å². The monoisotopic (exact) mass is 296 g/mol. The smallest absolute Gasteiger partial charge is 0.225 e. The average Bonchev–Trinajstić information content (AvgIpc) is 3.10. The normalized spacial score (nSPS) is 14.3. The second-order valence-corrected chi connectivity index (χ2v) is 5.78. The van der Waals surface area contributed by atoms with Gasteiger partial charge in [0.2, 0.25) is 5.95 Å². The van der Waals surface area contributed by atoms with Gasteiger partial charge in [0.15, 0.2) is 0 Å². The summed E-state index contributed by atoms with van der Waals surface area (Å²) in [6.07, 6.45) is 4.81. The minimum absolute atomic E-state index is 0.747. The molecular formula is C18H24N4. The van der Waals surface area contributed by atoms with E-state index >= 15 is 0 Å². The van der Waals surface area contributed by atoms with Gasteiger partial charge in [0.1, 0.15) is 5.82 Å². The molecule has 1 aromatic carbocycles. The molecule has 1 aromatic heterocycles. The number of unbranched alkanes of at least 4 members (excludes halogenated alkanes) is 1. The lowest BCUT2D eigenvalue weighted by Crippen LogP contribution is -2.20. The lowest BCUT2D eigenvalue weighted by molar-refractivity contribution is 0.824. The Kier molecular flexibility index (Phi) is 4.88. The van der Waals surface area contributed by atoms with Crippen molar-refractivity contribution in [2.24, 2.45) is 0 Å². The van der Waals surface area contributed by atoms with E-state index in [0.717, 1.165) is 49.1 Å². The second kappa shape index (κ2) is 7.25. The molecule has 4 heteroatoms. The summed E-state index contributed by atoms with van der Waals surface area (Å²) in [7, 11) is 0. The van der Waals surface area contributed by atoms with Gasteiger partial charge in [-0.25, -0.2) is 4.98 Å². The molecule has 0 unspecified atom stereocenters. The van der Waals surface area contributed by atoms with E-state index in [1.165, 1.54) is 19.3 Å². The molecule has 116 valence electrons. The van der Waals surface area contributed by atoms with Gasteiger partial charge in [-0.3, -0.25) is 0 Å². The van der Waals surface area contributed by atoms with Crippen molar-refractivity contribution in [1.29, 1.82) is 0 Å². The number of hydrogen-bond donors (Lipinski definition) is 1. The van der Waals surface area contributed by atoms with Crippen LogP contribution < -0.4 is 10.2 Å². The predicted molar refractivity (Wildman–Crippen MR) is 92.3 cm³/mol. The fraction of sp³-hybridized carbons (Fsp3) is 0.444. The van der Waals surface area contributed by atoms with E-state index in [1.807, 2.05) is 6.07 Å². The molecule has 0 radical (unpaired) electrons. The van der Waals surface area contributed by atoms with Gasteiger partial charge < -0.3 is 10.2 Å². The number of nitrogens with one attached hydrogen (secondary N) is 1. The first-order valence-electron chi connectivity index (χ1n) is 8.30. The fourth-order valence-corrected chi connectivity index (χ4v) is 2.76. The van der Waals surface area contributed by atoms with Crippen LogP contribution in [-0.2, 0) is 0 Å². The highest BCUT2D eigenvalue weighted by atomic mass is 15.2. The molecule has 1 fully saturated rings. The summed E-state index contributed by atoms with van der Waals surface area (Å²) in [5.41, 5.74) is 2.14. The summed E-state index contributed by atoms with van der Waals surface area (Å²) in [6, 6.07) is 12.5. The van der Waals surface area contributed by atoms with Crippen molar-refractivity contribution in [3.63, 3.8) is 0 Å². The maximum atomic E-state index is 4.72. The van der Waals surface area contributed by atoms with Crippen molar-refractivity contribution in [1.82, 2.24) is 9.97 Å². The molecule has 22 heavy (non-hydrogen) atoms. The molecule has 0 atom stereocenters. The first-order chi connectivity index (χ1) is 10.9. The van der Waals surface area contributed by atoms with Crippen LogP contribution in [0.3, 0.4) is 0 Å². The Morgan fingerprint density at radius 1 is 1.09 bits per heavy atom. The third kappa shape index (κ3) is 3.56. The largest absolute Gasteiger partial charge is 0.356 e. The van der Waals surface area contributed by atoms with E-state index in [0.29, 0.717) is 0 Å². The maximum Gasteiger partial charge on any atom is 0.225 e. The molecule has 0 saturated carbocycles. The second-order valence-electron chi connectivity index (χ2n) is 5.78. The molecule has 0 spiro atoms. The van der Waals surface area contributed by atoms with Crippen molar-refractivity contribution in [3.05, 3.63) is 36.4 Å². The van der Waals surface area contributed by atoms with Crippen molar-refractivity contribution in [3.8, 4) is 11.3 Å². The zero-order chi connectivity index (χ0) is 15.2. The Morgan fingerprint density at radius 3 is 2.59 bits per heavy atom. The number of anilines is 2. The molecule has 2 aromatic rings. The van der Waals surface area contributed by atoms with E-state index < -0.39 is 0 Å². The average molecular weight is 296 g/mol. The Labute approximate surface area is 132 Å². The minimum Gasteiger partial charge on any atom is -0.356 e. The quantitative estimate of drug-likeness (QED) is 0.819. The van der Waals surface area contributed by atoms with Crippen molar-refractivity contribution in [2.45, 2.75) is 32.6 Å². The first kappa shape index (κ1) is 14.8. The summed E-state index contributed by atoms with van der Waals surface area (Å²) in [6.45, 7) is 5.31. The van der Waals surface area contributed by atoms with Gasteiger partial charge in [-0.15, -0.1) is 0 Å². The SMILES string of the molecule is CCCCNc1nc(-c2ccccc2)cc(N2CCCC2)n1. The van der Waals surface area contributed by atoms with Gasteiger partial charge in [0.25, 0.3) is 0 Å². The summed E-state index contributed by atoms with van der Waals surface area (Å²) in [5, 5.41) is 3.37. The maximum absolute atomic E-state index is 4.72. The van der Waals surface area contributed by atoms with E-state index in [4.69, 9.17) is 9.97 Å². The third-order valence-electron chi connectivity index (χ3n) is 4.03. The lowest BCUT2D eigenvalue weighted by Gasteiger charge is -2.18. The zero-order valence-corrected chi connectivity index (χ0v) is 13.3. The molecule has 0 bridgehead atoms. The van der Waals surface area contributed by atoms with Crippen molar-refractivity contribution in [2.75, 3.05) is 29.9 Å². The molecule has 1 aliphatic heterocycles. The van der Waals surface area contributed by atoms with E-state index in [9.17, 15) is 0 Å². The van der Waals surface area contributed by atoms with Crippen LogP contribution in [0.25, 0.3) is 11.3 Å². The van der Waals surface area contributed by atoms with Gasteiger partial charge in [-0.05, 0) is 19.3 Å². The molecule has 4 nitrogen and oxygen atoms in total. The van der Waals surface area contributed by atoms with Crippen LogP contribution in [0.1, 0.15) is 32.6 Å². The highest BCUT2D eigenvalue weighted by Gasteiger charge is 2.16. The number of nitrogens with zero attached hydrogens (tertiary/aromatic N) is 3. The number of rotatable bonds is 6. The lowest BCUT2D eigenvalue weighted by atomic mass is 10.1. The molecular weight excluding hydrogens is 272 g/mol. The van der Waals surface area contributed by atoms with Crippen LogP contribution in [0, 0.1) is 0 Å². The Morgan fingerprint density at radius 2 is 1.86 bits per heavy atom. The topological polar surface area (TPSA) is 41.1 Å². The highest BCUT2D eigenvalue weighted by molar-refractivity contribution is 5.64. The summed E-state index contributed by atoms with van der Waals surface area (Å²) < 4.78 is 0. The Hall–Kier alpha value is -2.10. The first-order valence-corrected chi connectivity index (χ1v) is 8.30. The fourth-order valence-electron chi connectivity index (χ4n) is 2.76. The molecule has 1 saturated heterocycles. The van der Waals surface area contributed by atoms with E-state index in [2.05, 4.69) is 47.5 Å². The Bertz CT molecular complexity index is 591. The van der Waals surface area contributed by atoms with E-state index in [1.54, 1.807) is 0 Å². The molecule has 0 amide bonds. The molecule has 2 heterocycles. The molecule has 3 rings (SSSR count). The number of benzene rings is 1. The van der Waals surface area contributed by atoms with Gasteiger partial charge in [-0.2, -0.15) is 4.98 Å². The van der Waals surface area contributed by atoms with Crippen LogP contribution >= 0.6 is 0 Å². The van der Waals surface area contributed by atoms with Crippen LogP contribution in [0.4, 0.5) is 11.8 Å².